The van der Waals surface area contributed by atoms with E-state index in [2.05, 4.69) is 16.8 Å². The van der Waals surface area contributed by atoms with Gasteiger partial charge in [0.1, 0.15) is 11.6 Å². The molecule has 1 saturated heterocycles. The van der Waals surface area contributed by atoms with Gasteiger partial charge in [-0.05, 0) is 30.5 Å². The Morgan fingerprint density at radius 3 is 2.93 bits per heavy atom. The van der Waals surface area contributed by atoms with Crippen molar-refractivity contribution in [1.29, 1.82) is 0 Å². The van der Waals surface area contributed by atoms with E-state index in [-0.39, 0.29) is 11.2 Å². The number of rotatable bonds is 2. The van der Waals surface area contributed by atoms with E-state index < -0.39 is 0 Å². The first-order chi connectivity index (χ1) is 7.13. The average molecular weight is 209 g/mol. The van der Waals surface area contributed by atoms with Gasteiger partial charge in [-0.1, -0.05) is 6.92 Å². The first-order valence-electron chi connectivity index (χ1n) is 5.20. The molecule has 3 nitrogen and oxygen atoms in total. The van der Waals surface area contributed by atoms with Crippen molar-refractivity contribution in [3.8, 4) is 0 Å². The van der Waals surface area contributed by atoms with E-state index in [9.17, 15) is 4.39 Å². The SMILES string of the molecule is CC1(CN)CCN(c2ccc(F)cn2)C1. The summed E-state index contributed by atoms with van der Waals surface area (Å²) in [6, 6.07) is 3.16. The first-order valence-corrected chi connectivity index (χ1v) is 5.20. The molecule has 15 heavy (non-hydrogen) atoms. The Kier molecular flexibility index (Phi) is 2.61. The third-order valence-electron chi connectivity index (χ3n) is 3.09. The second-order valence-corrected chi connectivity index (χ2v) is 4.52. The molecule has 82 valence electrons. The monoisotopic (exact) mass is 209 g/mol. The molecule has 1 aliphatic rings. The van der Waals surface area contributed by atoms with Crippen LogP contribution in [-0.2, 0) is 0 Å². The summed E-state index contributed by atoms with van der Waals surface area (Å²) >= 11 is 0. The van der Waals surface area contributed by atoms with Crippen LogP contribution in [0.1, 0.15) is 13.3 Å². The Morgan fingerprint density at radius 1 is 1.60 bits per heavy atom. The Hall–Kier alpha value is -1.16. The van der Waals surface area contributed by atoms with Crippen LogP contribution in [-0.4, -0.2) is 24.6 Å². The molecule has 0 spiro atoms. The lowest BCUT2D eigenvalue weighted by molar-refractivity contribution is 0.383. The maximum atomic E-state index is 12.7. The number of halogens is 1. The molecule has 1 atom stereocenters. The zero-order chi connectivity index (χ0) is 10.9. The van der Waals surface area contributed by atoms with Gasteiger partial charge >= 0.3 is 0 Å². The predicted molar refractivity (Wildman–Crippen MR) is 58.2 cm³/mol. The zero-order valence-electron chi connectivity index (χ0n) is 8.91. The summed E-state index contributed by atoms with van der Waals surface area (Å²) in [7, 11) is 0. The van der Waals surface area contributed by atoms with Gasteiger partial charge in [-0.3, -0.25) is 0 Å². The minimum atomic E-state index is -0.292. The largest absolute Gasteiger partial charge is 0.356 e. The standard InChI is InChI=1S/C11H16FN3/c1-11(7-13)4-5-15(8-11)10-3-2-9(12)6-14-10/h2-3,6H,4-5,7-8,13H2,1H3. The minimum absolute atomic E-state index is 0.177. The van der Waals surface area contributed by atoms with E-state index >= 15 is 0 Å². The van der Waals surface area contributed by atoms with E-state index in [0.717, 1.165) is 25.3 Å². The second-order valence-electron chi connectivity index (χ2n) is 4.52. The van der Waals surface area contributed by atoms with E-state index in [1.807, 2.05) is 0 Å². The van der Waals surface area contributed by atoms with Crippen molar-refractivity contribution in [2.24, 2.45) is 11.1 Å². The summed E-state index contributed by atoms with van der Waals surface area (Å²) in [6.07, 6.45) is 2.33. The molecule has 0 radical (unpaired) electrons. The number of hydrogen-bond donors (Lipinski definition) is 1. The van der Waals surface area contributed by atoms with Crippen LogP contribution in [0.5, 0.6) is 0 Å². The van der Waals surface area contributed by atoms with Crippen LogP contribution in [0, 0.1) is 11.2 Å². The van der Waals surface area contributed by atoms with Crippen LogP contribution in [0.15, 0.2) is 18.3 Å². The Balaban J connectivity index is 2.11. The molecular weight excluding hydrogens is 193 g/mol. The summed E-state index contributed by atoms with van der Waals surface area (Å²) in [5.74, 6) is 0.549. The quantitative estimate of drug-likeness (QED) is 0.800. The maximum Gasteiger partial charge on any atom is 0.141 e. The predicted octanol–water partition coefficient (Wildman–Crippen LogP) is 1.40. The molecule has 1 unspecified atom stereocenters. The maximum absolute atomic E-state index is 12.7. The van der Waals surface area contributed by atoms with Crippen molar-refractivity contribution in [2.45, 2.75) is 13.3 Å². The fourth-order valence-electron chi connectivity index (χ4n) is 1.94. The van der Waals surface area contributed by atoms with Crippen LogP contribution in [0.2, 0.25) is 0 Å². The third-order valence-corrected chi connectivity index (χ3v) is 3.09. The summed E-state index contributed by atoms with van der Waals surface area (Å²) in [4.78, 5) is 6.23. The van der Waals surface area contributed by atoms with Gasteiger partial charge in [-0.2, -0.15) is 0 Å². The Bertz CT molecular complexity index is 338. The lowest BCUT2D eigenvalue weighted by atomic mass is 9.90. The van der Waals surface area contributed by atoms with E-state index in [4.69, 9.17) is 5.73 Å². The van der Waals surface area contributed by atoms with E-state index in [1.54, 1.807) is 6.07 Å². The molecule has 0 bridgehead atoms. The molecule has 4 heteroatoms. The molecule has 1 aromatic rings. The first kappa shape index (κ1) is 10.4. The lowest BCUT2D eigenvalue weighted by Gasteiger charge is -2.23. The Labute approximate surface area is 89.1 Å². The number of hydrogen-bond acceptors (Lipinski definition) is 3. The third kappa shape index (κ3) is 2.09. The molecule has 2 heterocycles. The molecule has 0 aliphatic carbocycles. The van der Waals surface area contributed by atoms with Gasteiger partial charge < -0.3 is 10.6 Å². The molecule has 2 N–H and O–H groups in total. The molecule has 1 fully saturated rings. The second kappa shape index (κ2) is 3.77. The van der Waals surface area contributed by atoms with Gasteiger partial charge in [-0.15, -0.1) is 0 Å². The van der Waals surface area contributed by atoms with Crippen LogP contribution >= 0.6 is 0 Å². The van der Waals surface area contributed by atoms with Crippen LogP contribution < -0.4 is 10.6 Å². The molecule has 0 amide bonds. The highest BCUT2D eigenvalue weighted by atomic mass is 19.1. The smallest absolute Gasteiger partial charge is 0.141 e. The van der Waals surface area contributed by atoms with Gasteiger partial charge in [0.05, 0.1) is 6.20 Å². The number of nitrogens with zero attached hydrogens (tertiary/aromatic N) is 2. The fourth-order valence-corrected chi connectivity index (χ4v) is 1.94. The highest BCUT2D eigenvalue weighted by molar-refractivity contribution is 5.39. The normalized spacial score (nSPS) is 25.9. The molecular formula is C11H16FN3. The Morgan fingerprint density at radius 2 is 2.40 bits per heavy atom. The summed E-state index contributed by atoms with van der Waals surface area (Å²) in [5, 5.41) is 0. The van der Waals surface area contributed by atoms with Crippen LogP contribution in [0.3, 0.4) is 0 Å². The summed E-state index contributed by atoms with van der Waals surface area (Å²) < 4.78 is 12.7. The highest BCUT2D eigenvalue weighted by Gasteiger charge is 2.32. The average Bonchev–Trinajstić information content (AvgIpc) is 2.63. The minimum Gasteiger partial charge on any atom is -0.356 e. The van der Waals surface area contributed by atoms with Crippen molar-refractivity contribution in [1.82, 2.24) is 4.98 Å². The number of nitrogens with two attached hydrogens (primary N) is 1. The van der Waals surface area contributed by atoms with Crippen molar-refractivity contribution in [3.63, 3.8) is 0 Å². The molecule has 1 aliphatic heterocycles. The molecule has 0 aromatic carbocycles. The highest BCUT2D eigenvalue weighted by Crippen LogP contribution is 2.31. The van der Waals surface area contributed by atoms with E-state index in [1.165, 1.54) is 12.3 Å². The summed E-state index contributed by atoms with van der Waals surface area (Å²) in [5.41, 5.74) is 5.90. The van der Waals surface area contributed by atoms with E-state index in [0.29, 0.717) is 6.54 Å². The van der Waals surface area contributed by atoms with Crippen molar-refractivity contribution in [2.75, 3.05) is 24.5 Å². The summed E-state index contributed by atoms with van der Waals surface area (Å²) in [6.45, 7) is 4.72. The van der Waals surface area contributed by atoms with Crippen molar-refractivity contribution in [3.05, 3.63) is 24.1 Å². The molecule has 2 rings (SSSR count). The zero-order valence-corrected chi connectivity index (χ0v) is 8.91. The molecule has 1 aromatic heterocycles. The topological polar surface area (TPSA) is 42.1 Å². The van der Waals surface area contributed by atoms with Gasteiger partial charge in [0.15, 0.2) is 0 Å². The van der Waals surface area contributed by atoms with Crippen molar-refractivity contribution >= 4 is 5.82 Å². The van der Waals surface area contributed by atoms with Gasteiger partial charge in [-0.25, -0.2) is 9.37 Å². The van der Waals surface area contributed by atoms with Gasteiger partial charge in [0.25, 0.3) is 0 Å². The number of anilines is 1. The van der Waals surface area contributed by atoms with Gasteiger partial charge in [0.2, 0.25) is 0 Å². The fraction of sp³-hybridized carbons (Fsp3) is 0.545. The van der Waals surface area contributed by atoms with Crippen molar-refractivity contribution < 1.29 is 4.39 Å². The lowest BCUT2D eigenvalue weighted by Crippen LogP contribution is -2.31. The molecule has 0 saturated carbocycles. The van der Waals surface area contributed by atoms with Crippen LogP contribution in [0.25, 0.3) is 0 Å². The van der Waals surface area contributed by atoms with Crippen LogP contribution in [0.4, 0.5) is 10.2 Å². The number of aromatic nitrogens is 1. The van der Waals surface area contributed by atoms with Gasteiger partial charge in [0, 0.05) is 13.1 Å². The number of pyridine rings is 1.